The number of pyridine rings is 1. The van der Waals surface area contributed by atoms with Gasteiger partial charge in [-0.2, -0.15) is 0 Å². The summed E-state index contributed by atoms with van der Waals surface area (Å²) in [7, 11) is 4.98. The van der Waals surface area contributed by atoms with Gasteiger partial charge in [0.15, 0.2) is 5.13 Å². The molecular formula is C17H18N6O3S. The largest absolute Gasteiger partial charge is 0.332 e. The van der Waals surface area contributed by atoms with Crippen LogP contribution in [0.2, 0.25) is 0 Å². The van der Waals surface area contributed by atoms with Crippen molar-refractivity contribution in [3.63, 3.8) is 0 Å². The van der Waals surface area contributed by atoms with Gasteiger partial charge in [-0.3, -0.25) is 24.0 Å². The van der Waals surface area contributed by atoms with E-state index < -0.39 is 11.2 Å². The number of amides is 1. The zero-order valence-corrected chi connectivity index (χ0v) is 16.0. The molecule has 0 bridgehead atoms. The summed E-state index contributed by atoms with van der Waals surface area (Å²) in [6.45, 7) is 1.77. The van der Waals surface area contributed by atoms with Crippen LogP contribution in [-0.4, -0.2) is 43.5 Å². The summed E-state index contributed by atoms with van der Waals surface area (Å²) in [6.07, 6.45) is 2.22. The summed E-state index contributed by atoms with van der Waals surface area (Å²) in [5.41, 5.74) is 0.559. The van der Waals surface area contributed by atoms with Crippen LogP contribution < -0.4 is 16.6 Å². The van der Waals surface area contributed by atoms with Crippen LogP contribution in [0.25, 0.3) is 11.0 Å². The fourth-order valence-corrected chi connectivity index (χ4v) is 4.22. The lowest BCUT2D eigenvalue weighted by molar-refractivity contribution is 0.102. The summed E-state index contributed by atoms with van der Waals surface area (Å²) < 4.78 is 2.28. The predicted molar refractivity (Wildman–Crippen MR) is 102 cm³/mol. The summed E-state index contributed by atoms with van der Waals surface area (Å²) in [4.78, 5) is 49.0. The van der Waals surface area contributed by atoms with Gasteiger partial charge in [0.1, 0.15) is 5.65 Å². The first-order valence-electron chi connectivity index (χ1n) is 8.39. The van der Waals surface area contributed by atoms with Gasteiger partial charge in [-0.15, -0.1) is 11.3 Å². The molecule has 0 fully saturated rings. The minimum absolute atomic E-state index is 0.215. The molecule has 4 rings (SSSR count). The van der Waals surface area contributed by atoms with E-state index >= 15 is 0 Å². The topological polar surface area (TPSA) is 102 Å². The fourth-order valence-electron chi connectivity index (χ4n) is 3.14. The third-order valence-corrected chi connectivity index (χ3v) is 5.70. The number of hydrogen-bond acceptors (Lipinski definition) is 7. The second kappa shape index (κ2) is 6.39. The molecule has 0 radical (unpaired) electrons. The Labute approximate surface area is 157 Å². The van der Waals surface area contributed by atoms with Crippen LogP contribution in [0, 0.1) is 0 Å². The highest BCUT2D eigenvalue weighted by Crippen LogP contribution is 2.28. The lowest BCUT2D eigenvalue weighted by Gasteiger charge is -2.20. The van der Waals surface area contributed by atoms with E-state index in [1.54, 1.807) is 0 Å². The van der Waals surface area contributed by atoms with Crippen LogP contribution in [-0.2, 0) is 27.1 Å². The number of carbonyl (C=O) groups is 1. The first-order valence-corrected chi connectivity index (χ1v) is 9.21. The molecule has 3 aromatic rings. The van der Waals surface area contributed by atoms with E-state index in [1.807, 2.05) is 0 Å². The van der Waals surface area contributed by atoms with Gasteiger partial charge in [0.05, 0.1) is 16.6 Å². The molecule has 0 aliphatic carbocycles. The minimum Gasteiger partial charge on any atom is -0.301 e. The molecule has 0 saturated carbocycles. The molecule has 1 amide bonds. The van der Waals surface area contributed by atoms with E-state index in [9.17, 15) is 14.4 Å². The van der Waals surface area contributed by atoms with Gasteiger partial charge >= 0.3 is 5.69 Å². The standard InChI is InChI=1S/C17H18N6O3S/c1-21-5-4-11-12(8-21)27-16(19-11)20-14(24)9-6-10-13(18-7-9)22(2)17(26)23(3)15(10)25/h6-7H,4-5,8H2,1-3H3,(H,19,20,24). The molecule has 1 aliphatic rings. The van der Waals surface area contributed by atoms with Crippen molar-refractivity contribution in [3.8, 4) is 0 Å². The third-order valence-electron chi connectivity index (χ3n) is 4.70. The SMILES string of the molecule is CN1CCc2nc(NC(=O)c3cnc4c(c3)c(=O)n(C)c(=O)n4C)sc2C1. The van der Waals surface area contributed by atoms with Gasteiger partial charge in [-0.05, 0) is 13.1 Å². The number of aryl methyl sites for hydroxylation is 1. The minimum atomic E-state index is -0.483. The van der Waals surface area contributed by atoms with Crippen molar-refractivity contribution in [1.82, 2.24) is 24.0 Å². The highest BCUT2D eigenvalue weighted by molar-refractivity contribution is 7.15. The lowest BCUT2D eigenvalue weighted by atomic mass is 10.2. The molecule has 3 aromatic heterocycles. The first kappa shape index (κ1) is 17.6. The van der Waals surface area contributed by atoms with Crippen LogP contribution in [0.3, 0.4) is 0 Å². The van der Waals surface area contributed by atoms with Crippen molar-refractivity contribution in [2.75, 3.05) is 18.9 Å². The fraction of sp³-hybridized carbons (Fsp3) is 0.353. The Hall–Kier alpha value is -2.85. The van der Waals surface area contributed by atoms with Crippen molar-refractivity contribution >= 4 is 33.4 Å². The Bertz CT molecular complexity index is 1190. The second-order valence-corrected chi connectivity index (χ2v) is 7.72. The third kappa shape index (κ3) is 2.96. The van der Waals surface area contributed by atoms with E-state index in [0.717, 1.165) is 34.6 Å². The summed E-state index contributed by atoms with van der Waals surface area (Å²) in [5.74, 6) is -0.389. The van der Waals surface area contributed by atoms with Gasteiger partial charge in [0, 0.05) is 44.7 Å². The number of fused-ring (bicyclic) bond motifs is 2. The molecule has 0 aromatic carbocycles. The van der Waals surface area contributed by atoms with Crippen LogP contribution in [0.5, 0.6) is 0 Å². The number of likely N-dealkylation sites (N-methyl/N-ethyl adjacent to an activating group) is 1. The number of carbonyl (C=O) groups excluding carboxylic acids is 1. The molecule has 0 atom stereocenters. The van der Waals surface area contributed by atoms with Gasteiger partial charge in [0.2, 0.25) is 0 Å². The predicted octanol–water partition coefficient (Wildman–Crippen LogP) is 0.329. The lowest BCUT2D eigenvalue weighted by Crippen LogP contribution is -2.37. The normalized spacial score (nSPS) is 14.3. The van der Waals surface area contributed by atoms with Crippen LogP contribution in [0.4, 0.5) is 5.13 Å². The Morgan fingerprint density at radius 2 is 2.00 bits per heavy atom. The van der Waals surface area contributed by atoms with Gasteiger partial charge in [-0.1, -0.05) is 0 Å². The molecule has 1 aliphatic heterocycles. The highest BCUT2D eigenvalue weighted by atomic mass is 32.1. The molecule has 27 heavy (non-hydrogen) atoms. The maximum absolute atomic E-state index is 12.6. The van der Waals surface area contributed by atoms with Gasteiger partial charge in [-0.25, -0.2) is 14.8 Å². The zero-order chi connectivity index (χ0) is 19.3. The van der Waals surface area contributed by atoms with E-state index in [2.05, 4.69) is 27.2 Å². The molecule has 10 heteroatoms. The molecule has 1 N–H and O–H groups in total. The Morgan fingerprint density at radius 1 is 1.22 bits per heavy atom. The van der Waals surface area contributed by atoms with E-state index in [1.165, 1.54) is 42.3 Å². The second-order valence-electron chi connectivity index (χ2n) is 6.63. The highest BCUT2D eigenvalue weighted by Gasteiger charge is 2.20. The number of anilines is 1. The molecule has 0 saturated heterocycles. The van der Waals surface area contributed by atoms with E-state index in [4.69, 9.17) is 0 Å². The summed E-state index contributed by atoms with van der Waals surface area (Å²) in [5, 5.41) is 3.54. The number of hydrogen-bond donors (Lipinski definition) is 1. The summed E-state index contributed by atoms with van der Waals surface area (Å²) in [6, 6.07) is 1.46. The van der Waals surface area contributed by atoms with Crippen molar-refractivity contribution in [3.05, 3.63) is 49.2 Å². The number of nitrogens with zero attached hydrogens (tertiary/aromatic N) is 5. The van der Waals surface area contributed by atoms with Crippen molar-refractivity contribution in [2.24, 2.45) is 14.1 Å². The average Bonchev–Trinajstić information content (AvgIpc) is 3.05. The maximum atomic E-state index is 12.6. The van der Waals surface area contributed by atoms with Crippen LogP contribution in [0.1, 0.15) is 20.9 Å². The van der Waals surface area contributed by atoms with Crippen LogP contribution >= 0.6 is 11.3 Å². The number of aromatic nitrogens is 4. The smallest absolute Gasteiger partial charge is 0.301 e. The Morgan fingerprint density at radius 3 is 2.78 bits per heavy atom. The Kier molecular flexibility index (Phi) is 4.16. The van der Waals surface area contributed by atoms with Crippen molar-refractivity contribution in [1.29, 1.82) is 0 Å². The molecule has 9 nitrogen and oxygen atoms in total. The first-order chi connectivity index (χ1) is 12.8. The summed E-state index contributed by atoms with van der Waals surface area (Å²) >= 11 is 1.46. The van der Waals surface area contributed by atoms with E-state index in [-0.39, 0.29) is 22.5 Å². The molecular weight excluding hydrogens is 368 g/mol. The molecule has 140 valence electrons. The van der Waals surface area contributed by atoms with Crippen molar-refractivity contribution < 1.29 is 4.79 Å². The monoisotopic (exact) mass is 386 g/mol. The Balaban J connectivity index is 1.67. The van der Waals surface area contributed by atoms with Crippen LogP contribution in [0.15, 0.2) is 21.9 Å². The average molecular weight is 386 g/mol. The number of rotatable bonds is 2. The molecule has 0 spiro atoms. The van der Waals surface area contributed by atoms with Gasteiger partial charge in [0.25, 0.3) is 11.5 Å². The van der Waals surface area contributed by atoms with E-state index in [0.29, 0.717) is 5.13 Å². The number of nitrogens with one attached hydrogen (secondary N) is 1. The number of thiazole rings is 1. The maximum Gasteiger partial charge on any atom is 0.332 e. The quantitative estimate of drug-likeness (QED) is 0.681. The van der Waals surface area contributed by atoms with Crippen molar-refractivity contribution in [2.45, 2.75) is 13.0 Å². The molecule has 4 heterocycles. The molecule has 0 unspecified atom stereocenters. The van der Waals surface area contributed by atoms with Gasteiger partial charge < -0.3 is 4.90 Å². The zero-order valence-electron chi connectivity index (χ0n) is 15.1.